The van der Waals surface area contributed by atoms with Gasteiger partial charge in [-0.3, -0.25) is 0 Å². The average molecular weight is 291 g/mol. The van der Waals surface area contributed by atoms with Crippen LogP contribution in [0, 0.1) is 0 Å². The summed E-state index contributed by atoms with van der Waals surface area (Å²) < 4.78 is 0. The molecule has 0 fully saturated rings. The van der Waals surface area contributed by atoms with Gasteiger partial charge in [0.05, 0.1) is 6.10 Å². The molecule has 15 heavy (non-hydrogen) atoms. The number of hydrogen-bond donors (Lipinski definition) is 2. The Kier molecular flexibility index (Phi) is 5.68. The molecule has 0 aliphatic heterocycles. The number of benzene rings is 1. The molecule has 0 spiro atoms. The summed E-state index contributed by atoms with van der Waals surface area (Å²) in [5.74, 6) is 0. The lowest BCUT2D eigenvalue weighted by atomic mass is 10.0. The van der Waals surface area contributed by atoms with Gasteiger partial charge in [-0.2, -0.15) is 0 Å². The summed E-state index contributed by atoms with van der Waals surface area (Å²) in [4.78, 5) is 1.01. The molecule has 0 radical (unpaired) electrons. The normalized spacial score (nSPS) is 14.9. The minimum absolute atomic E-state index is 0.546. The molecule has 2 unspecified atom stereocenters. The van der Waals surface area contributed by atoms with E-state index in [9.17, 15) is 10.2 Å². The molecule has 4 heteroatoms. The fraction of sp³-hybridized carbons (Fsp3) is 0.455. The van der Waals surface area contributed by atoms with E-state index in [0.29, 0.717) is 11.8 Å². The van der Waals surface area contributed by atoms with Gasteiger partial charge in [0.2, 0.25) is 0 Å². The molecule has 0 saturated heterocycles. The molecular weight excluding hydrogens is 276 g/mol. The van der Waals surface area contributed by atoms with Gasteiger partial charge in [0.25, 0.3) is 0 Å². The molecule has 0 aliphatic rings. The number of aliphatic hydroxyl groups is 2. The second kappa shape index (κ2) is 6.53. The lowest BCUT2D eigenvalue weighted by Crippen LogP contribution is -2.19. The monoisotopic (exact) mass is 290 g/mol. The number of rotatable bonds is 5. The van der Waals surface area contributed by atoms with Gasteiger partial charge in [0.15, 0.2) is 0 Å². The third kappa shape index (κ3) is 3.48. The van der Waals surface area contributed by atoms with E-state index in [2.05, 4.69) is 15.9 Å². The molecular formula is C11H15BrO2S. The van der Waals surface area contributed by atoms with E-state index in [0.717, 1.165) is 10.5 Å². The summed E-state index contributed by atoms with van der Waals surface area (Å²) in [7, 11) is 0. The molecule has 0 amide bonds. The van der Waals surface area contributed by atoms with Crippen LogP contribution in [0.1, 0.15) is 18.1 Å². The molecule has 2 atom stereocenters. The van der Waals surface area contributed by atoms with Crippen LogP contribution in [0.4, 0.5) is 0 Å². The van der Waals surface area contributed by atoms with Crippen LogP contribution in [-0.4, -0.2) is 27.9 Å². The highest BCUT2D eigenvalue weighted by Crippen LogP contribution is 2.28. The summed E-state index contributed by atoms with van der Waals surface area (Å²) in [6.45, 7) is 0. The zero-order chi connectivity index (χ0) is 11.3. The first-order valence-electron chi connectivity index (χ1n) is 4.75. The second-order valence-electron chi connectivity index (χ2n) is 3.23. The zero-order valence-electron chi connectivity index (χ0n) is 8.56. The van der Waals surface area contributed by atoms with Crippen LogP contribution in [0.3, 0.4) is 0 Å². The van der Waals surface area contributed by atoms with E-state index in [4.69, 9.17) is 0 Å². The molecule has 0 aromatic heterocycles. The predicted molar refractivity (Wildman–Crippen MR) is 67.6 cm³/mol. The molecule has 2 nitrogen and oxygen atoms in total. The zero-order valence-corrected chi connectivity index (χ0v) is 11.0. The predicted octanol–water partition coefficient (Wildman–Crippen LogP) is 2.59. The Labute approximate surface area is 103 Å². The largest absolute Gasteiger partial charge is 0.390 e. The van der Waals surface area contributed by atoms with Crippen LogP contribution in [-0.2, 0) is 0 Å². The maximum atomic E-state index is 9.95. The van der Waals surface area contributed by atoms with Crippen molar-refractivity contribution in [2.24, 2.45) is 0 Å². The lowest BCUT2D eigenvalue weighted by molar-refractivity contribution is 0.0158. The van der Waals surface area contributed by atoms with Crippen LogP contribution in [0.15, 0.2) is 29.2 Å². The van der Waals surface area contributed by atoms with Crippen LogP contribution in [0.5, 0.6) is 0 Å². The Hall–Kier alpha value is -0.0300. The van der Waals surface area contributed by atoms with Crippen molar-refractivity contribution < 1.29 is 10.2 Å². The van der Waals surface area contributed by atoms with Gasteiger partial charge in [-0.05, 0) is 24.3 Å². The summed E-state index contributed by atoms with van der Waals surface area (Å²) in [6, 6.07) is 7.61. The number of alkyl halides is 1. The highest BCUT2D eigenvalue weighted by Gasteiger charge is 2.19. The summed E-state index contributed by atoms with van der Waals surface area (Å²) in [5, 5.41) is 20.3. The molecule has 1 aromatic rings. The van der Waals surface area contributed by atoms with Crippen LogP contribution < -0.4 is 0 Å². The van der Waals surface area contributed by atoms with Crippen molar-refractivity contribution in [2.75, 3.05) is 11.6 Å². The summed E-state index contributed by atoms with van der Waals surface area (Å²) in [6.07, 6.45) is 0.996. The smallest absolute Gasteiger partial charge is 0.106 e. The van der Waals surface area contributed by atoms with Gasteiger partial charge in [-0.1, -0.05) is 34.1 Å². The van der Waals surface area contributed by atoms with E-state index in [-0.39, 0.29) is 0 Å². The maximum absolute atomic E-state index is 9.95. The highest BCUT2D eigenvalue weighted by atomic mass is 79.9. The summed E-state index contributed by atoms with van der Waals surface area (Å²) >= 11 is 4.83. The van der Waals surface area contributed by atoms with Crippen molar-refractivity contribution in [1.82, 2.24) is 0 Å². The topological polar surface area (TPSA) is 40.5 Å². The number of hydrogen-bond acceptors (Lipinski definition) is 3. The SMILES string of the molecule is CSc1ccccc1C(O)C(O)CCBr. The summed E-state index contributed by atoms with van der Waals surface area (Å²) in [5.41, 5.74) is 0.804. The first-order valence-corrected chi connectivity index (χ1v) is 7.10. The van der Waals surface area contributed by atoms with Gasteiger partial charge in [-0.15, -0.1) is 11.8 Å². The number of halogens is 1. The van der Waals surface area contributed by atoms with Gasteiger partial charge in [-0.25, -0.2) is 0 Å². The first-order chi connectivity index (χ1) is 7.20. The third-order valence-corrected chi connectivity index (χ3v) is 3.50. The van der Waals surface area contributed by atoms with Crippen molar-refractivity contribution in [1.29, 1.82) is 0 Å². The van der Waals surface area contributed by atoms with Crippen LogP contribution in [0.2, 0.25) is 0 Å². The molecule has 1 aromatic carbocycles. The van der Waals surface area contributed by atoms with Gasteiger partial charge in [0, 0.05) is 10.2 Å². The Morgan fingerprint density at radius 2 is 2.00 bits per heavy atom. The maximum Gasteiger partial charge on any atom is 0.106 e. The highest BCUT2D eigenvalue weighted by molar-refractivity contribution is 9.09. The second-order valence-corrected chi connectivity index (χ2v) is 4.87. The molecule has 0 heterocycles. The van der Waals surface area contributed by atoms with Crippen molar-refractivity contribution >= 4 is 27.7 Å². The van der Waals surface area contributed by atoms with Gasteiger partial charge >= 0.3 is 0 Å². The van der Waals surface area contributed by atoms with E-state index >= 15 is 0 Å². The van der Waals surface area contributed by atoms with E-state index in [1.807, 2.05) is 30.5 Å². The quantitative estimate of drug-likeness (QED) is 0.647. The first kappa shape index (κ1) is 13.0. The van der Waals surface area contributed by atoms with E-state index < -0.39 is 12.2 Å². The number of aliphatic hydroxyl groups excluding tert-OH is 2. The lowest BCUT2D eigenvalue weighted by Gasteiger charge is -2.19. The van der Waals surface area contributed by atoms with E-state index in [1.165, 1.54) is 0 Å². The van der Waals surface area contributed by atoms with E-state index in [1.54, 1.807) is 11.8 Å². The number of thioether (sulfide) groups is 1. The van der Waals surface area contributed by atoms with Crippen molar-refractivity contribution in [2.45, 2.75) is 23.5 Å². The fourth-order valence-corrected chi connectivity index (χ4v) is 2.50. The Bertz CT molecular complexity index is 306. The minimum atomic E-state index is -0.800. The Morgan fingerprint density at radius 1 is 1.33 bits per heavy atom. The minimum Gasteiger partial charge on any atom is -0.390 e. The molecule has 0 aliphatic carbocycles. The van der Waals surface area contributed by atoms with Crippen LogP contribution >= 0.6 is 27.7 Å². The molecule has 0 saturated carbocycles. The Balaban J connectivity index is 2.84. The van der Waals surface area contributed by atoms with Crippen molar-refractivity contribution in [3.63, 3.8) is 0 Å². The standard InChI is InChI=1S/C11H15BrO2S/c1-15-10-5-3-2-4-8(10)11(14)9(13)6-7-12/h2-5,9,11,13-14H,6-7H2,1H3. The molecule has 0 bridgehead atoms. The fourth-order valence-electron chi connectivity index (χ4n) is 1.39. The third-order valence-electron chi connectivity index (χ3n) is 2.23. The molecule has 2 N–H and O–H groups in total. The van der Waals surface area contributed by atoms with Gasteiger partial charge < -0.3 is 10.2 Å². The van der Waals surface area contributed by atoms with Crippen molar-refractivity contribution in [3.05, 3.63) is 29.8 Å². The molecule has 84 valence electrons. The molecule has 1 rings (SSSR count). The van der Waals surface area contributed by atoms with Crippen LogP contribution in [0.25, 0.3) is 0 Å². The average Bonchev–Trinajstić information content (AvgIpc) is 2.28. The van der Waals surface area contributed by atoms with Gasteiger partial charge in [0.1, 0.15) is 6.10 Å². The Morgan fingerprint density at radius 3 is 2.60 bits per heavy atom. The van der Waals surface area contributed by atoms with Crippen molar-refractivity contribution in [3.8, 4) is 0 Å².